The Bertz CT molecular complexity index is 573. The fraction of sp³-hybridized carbons (Fsp3) is 0.375. The number of aryl methyl sites for hydroxylation is 2. The Hall–Kier alpha value is -1.45. The first-order valence-electron chi connectivity index (χ1n) is 6.93. The summed E-state index contributed by atoms with van der Waals surface area (Å²) in [5.74, 6) is 0.699. The number of rotatable bonds is 5. The quantitative estimate of drug-likeness (QED) is 0.848. The van der Waals surface area contributed by atoms with Gasteiger partial charge in [-0.2, -0.15) is 0 Å². The van der Waals surface area contributed by atoms with E-state index in [9.17, 15) is 0 Å². The van der Waals surface area contributed by atoms with E-state index < -0.39 is 0 Å². The first-order chi connectivity index (χ1) is 9.63. The summed E-state index contributed by atoms with van der Waals surface area (Å²) >= 11 is 6.21. The lowest BCUT2D eigenvalue weighted by molar-refractivity contribution is 0.665. The van der Waals surface area contributed by atoms with E-state index in [0.717, 1.165) is 36.5 Å². The molecule has 0 amide bonds. The second kappa shape index (κ2) is 6.82. The van der Waals surface area contributed by atoms with Crippen LogP contribution in [0.1, 0.15) is 30.3 Å². The highest BCUT2D eigenvalue weighted by Gasteiger charge is 2.11. The molecular formula is C16H20ClN3. The van der Waals surface area contributed by atoms with Gasteiger partial charge in [0.15, 0.2) is 5.82 Å². The Balaban J connectivity index is 2.33. The monoisotopic (exact) mass is 289 g/mol. The van der Waals surface area contributed by atoms with Crippen molar-refractivity contribution < 1.29 is 0 Å². The molecule has 2 rings (SSSR count). The summed E-state index contributed by atoms with van der Waals surface area (Å²) in [5, 5.41) is 4.08. The van der Waals surface area contributed by atoms with E-state index in [2.05, 4.69) is 22.2 Å². The van der Waals surface area contributed by atoms with Crippen LogP contribution in [0.25, 0.3) is 11.4 Å². The third-order valence-corrected chi connectivity index (χ3v) is 3.59. The molecule has 1 aromatic heterocycles. The van der Waals surface area contributed by atoms with Gasteiger partial charge in [-0.05, 0) is 38.9 Å². The number of hydrogen-bond donors (Lipinski definition) is 1. The molecule has 0 fully saturated rings. The third-order valence-electron chi connectivity index (χ3n) is 3.26. The highest BCUT2D eigenvalue weighted by molar-refractivity contribution is 6.33. The van der Waals surface area contributed by atoms with Crippen molar-refractivity contribution >= 4 is 11.6 Å². The first kappa shape index (κ1) is 14.9. The number of aromatic nitrogens is 2. The van der Waals surface area contributed by atoms with Crippen LogP contribution in [-0.4, -0.2) is 16.5 Å². The second-order valence-corrected chi connectivity index (χ2v) is 5.26. The molecule has 0 aliphatic heterocycles. The van der Waals surface area contributed by atoms with Crippen LogP contribution in [0.2, 0.25) is 5.02 Å². The molecule has 2 aromatic rings. The van der Waals surface area contributed by atoms with Gasteiger partial charge in [-0.25, -0.2) is 9.97 Å². The summed E-state index contributed by atoms with van der Waals surface area (Å²) in [7, 11) is 0. The van der Waals surface area contributed by atoms with Crippen molar-refractivity contribution in [1.29, 1.82) is 0 Å². The Morgan fingerprint density at radius 2 is 1.75 bits per heavy atom. The highest BCUT2D eigenvalue weighted by atomic mass is 35.5. The Kier molecular flexibility index (Phi) is 5.10. The molecule has 0 unspecified atom stereocenters. The number of nitrogens with zero attached hydrogens (tertiary/aromatic N) is 2. The van der Waals surface area contributed by atoms with Crippen molar-refractivity contribution in [2.75, 3.05) is 6.54 Å². The molecule has 20 heavy (non-hydrogen) atoms. The van der Waals surface area contributed by atoms with Gasteiger partial charge in [0.25, 0.3) is 0 Å². The van der Waals surface area contributed by atoms with E-state index in [-0.39, 0.29) is 0 Å². The van der Waals surface area contributed by atoms with Gasteiger partial charge in [0, 0.05) is 29.1 Å². The van der Waals surface area contributed by atoms with Gasteiger partial charge in [-0.1, -0.05) is 30.7 Å². The third kappa shape index (κ3) is 3.35. The van der Waals surface area contributed by atoms with E-state index in [1.165, 1.54) is 5.56 Å². The van der Waals surface area contributed by atoms with Crippen LogP contribution < -0.4 is 5.32 Å². The maximum absolute atomic E-state index is 6.21. The maximum atomic E-state index is 6.21. The topological polar surface area (TPSA) is 37.8 Å². The minimum atomic E-state index is 0.683. The van der Waals surface area contributed by atoms with E-state index in [4.69, 9.17) is 11.6 Å². The zero-order valence-corrected chi connectivity index (χ0v) is 13.0. The lowest BCUT2D eigenvalue weighted by atomic mass is 10.1. The van der Waals surface area contributed by atoms with Crippen molar-refractivity contribution in [1.82, 2.24) is 15.3 Å². The van der Waals surface area contributed by atoms with Crippen LogP contribution in [0.3, 0.4) is 0 Å². The van der Waals surface area contributed by atoms with Crippen LogP contribution in [0.15, 0.2) is 24.3 Å². The summed E-state index contributed by atoms with van der Waals surface area (Å²) in [4.78, 5) is 9.22. The van der Waals surface area contributed by atoms with Gasteiger partial charge in [0.05, 0.1) is 5.02 Å². The summed E-state index contributed by atoms with van der Waals surface area (Å²) in [6.45, 7) is 8.03. The van der Waals surface area contributed by atoms with Crippen LogP contribution in [0.4, 0.5) is 0 Å². The van der Waals surface area contributed by atoms with Crippen LogP contribution in [0.5, 0.6) is 0 Å². The van der Waals surface area contributed by atoms with Crippen molar-refractivity contribution in [3.05, 3.63) is 46.2 Å². The molecule has 1 aromatic carbocycles. The molecule has 0 bridgehead atoms. The number of benzene rings is 1. The molecule has 0 aliphatic carbocycles. The SMILES string of the molecule is CCCNCc1c(C)nc(-c2ccccc2Cl)nc1C. The molecule has 3 nitrogen and oxygen atoms in total. The summed E-state index contributed by atoms with van der Waals surface area (Å²) in [6.07, 6.45) is 1.12. The van der Waals surface area contributed by atoms with Gasteiger partial charge in [0.1, 0.15) is 0 Å². The molecule has 0 atom stereocenters. The van der Waals surface area contributed by atoms with E-state index in [0.29, 0.717) is 10.8 Å². The summed E-state index contributed by atoms with van der Waals surface area (Å²) in [6, 6.07) is 7.67. The van der Waals surface area contributed by atoms with Gasteiger partial charge >= 0.3 is 0 Å². The van der Waals surface area contributed by atoms with Crippen molar-refractivity contribution in [3.8, 4) is 11.4 Å². The van der Waals surface area contributed by atoms with Crippen molar-refractivity contribution in [2.24, 2.45) is 0 Å². The molecule has 0 aliphatic rings. The molecule has 0 saturated heterocycles. The van der Waals surface area contributed by atoms with E-state index in [1.54, 1.807) is 0 Å². The highest BCUT2D eigenvalue weighted by Crippen LogP contribution is 2.25. The maximum Gasteiger partial charge on any atom is 0.161 e. The van der Waals surface area contributed by atoms with Crippen molar-refractivity contribution in [2.45, 2.75) is 33.7 Å². The zero-order valence-electron chi connectivity index (χ0n) is 12.2. The Labute approximate surface area is 125 Å². The fourth-order valence-corrected chi connectivity index (χ4v) is 2.37. The molecule has 0 spiro atoms. The minimum absolute atomic E-state index is 0.683. The fourth-order valence-electron chi connectivity index (χ4n) is 2.15. The first-order valence-corrected chi connectivity index (χ1v) is 7.31. The summed E-state index contributed by atoms with van der Waals surface area (Å²) in [5.41, 5.74) is 4.08. The standard InChI is InChI=1S/C16H20ClN3/c1-4-9-18-10-14-11(2)19-16(20-12(14)3)13-7-5-6-8-15(13)17/h5-8,18H,4,9-10H2,1-3H3. The number of hydrogen-bond acceptors (Lipinski definition) is 3. The minimum Gasteiger partial charge on any atom is -0.313 e. The predicted octanol–water partition coefficient (Wildman–Crippen LogP) is 3.91. The normalized spacial score (nSPS) is 10.8. The Morgan fingerprint density at radius 3 is 2.35 bits per heavy atom. The molecule has 1 heterocycles. The second-order valence-electron chi connectivity index (χ2n) is 4.85. The molecule has 0 radical (unpaired) electrons. The van der Waals surface area contributed by atoms with E-state index in [1.807, 2.05) is 38.1 Å². The van der Waals surface area contributed by atoms with Gasteiger partial charge in [-0.3, -0.25) is 0 Å². The van der Waals surface area contributed by atoms with Crippen LogP contribution in [0, 0.1) is 13.8 Å². The lowest BCUT2D eigenvalue weighted by Crippen LogP contribution is -2.17. The number of halogens is 1. The lowest BCUT2D eigenvalue weighted by Gasteiger charge is -2.12. The number of nitrogens with one attached hydrogen (secondary N) is 1. The Morgan fingerprint density at radius 1 is 1.10 bits per heavy atom. The van der Waals surface area contributed by atoms with Crippen LogP contribution >= 0.6 is 11.6 Å². The molecular weight excluding hydrogens is 270 g/mol. The molecule has 4 heteroatoms. The largest absolute Gasteiger partial charge is 0.313 e. The predicted molar refractivity (Wildman–Crippen MR) is 83.9 cm³/mol. The van der Waals surface area contributed by atoms with Gasteiger partial charge < -0.3 is 5.32 Å². The molecule has 0 saturated carbocycles. The average Bonchev–Trinajstić information content (AvgIpc) is 2.42. The molecule has 106 valence electrons. The zero-order chi connectivity index (χ0) is 14.5. The molecule has 1 N–H and O–H groups in total. The average molecular weight is 290 g/mol. The van der Waals surface area contributed by atoms with Crippen LogP contribution in [-0.2, 0) is 6.54 Å². The van der Waals surface area contributed by atoms with Crippen molar-refractivity contribution in [3.63, 3.8) is 0 Å². The smallest absolute Gasteiger partial charge is 0.161 e. The van der Waals surface area contributed by atoms with Gasteiger partial charge in [0.2, 0.25) is 0 Å². The summed E-state index contributed by atoms with van der Waals surface area (Å²) < 4.78 is 0. The van der Waals surface area contributed by atoms with E-state index >= 15 is 0 Å². The van der Waals surface area contributed by atoms with Gasteiger partial charge in [-0.15, -0.1) is 0 Å².